The Morgan fingerprint density at radius 3 is 2.88 bits per heavy atom. The second kappa shape index (κ2) is 3.66. The highest BCUT2D eigenvalue weighted by molar-refractivity contribution is 6.03. The average molecular weight is 228 g/mol. The zero-order chi connectivity index (χ0) is 11.8. The van der Waals surface area contributed by atoms with Gasteiger partial charge in [-0.15, -0.1) is 0 Å². The zero-order valence-electron chi connectivity index (χ0n) is 9.36. The smallest absolute Gasteiger partial charge is 0.251 e. The number of rotatable bonds is 1. The summed E-state index contributed by atoms with van der Waals surface area (Å²) in [4.78, 5) is 12.0. The summed E-state index contributed by atoms with van der Waals surface area (Å²) in [7, 11) is 0. The average Bonchev–Trinajstić information content (AvgIpc) is 2.75. The highest BCUT2D eigenvalue weighted by Gasteiger charge is 2.27. The van der Waals surface area contributed by atoms with Crippen molar-refractivity contribution < 1.29 is 9.21 Å². The first-order valence-corrected chi connectivity index (χ1v) is 5.44. The number of hydrogen-bond donors (Lipinski definition) is 2. The van der Waals surface area contributed by atoms with Crippen LogP contribution < -0.4 is 10.6 Å². The lowest BCUT2D eigenvalue weighted by molar-refractivity contribution is -0.117. The molecule has 1 atom stereocenters. The molecule has 0 saturated heterocycles. The van der Waals surface area contributed by atoms with Gasteiger partial charge < -0.3 is 15.1 Å². The first-order chi connectivity index (χ1) is 8.24. The van der Waals surface area contributed by atoms with E-state index in [1.165, 1.54) is 6.26 Å². The Bertz CT molecular complexity index is 574. The molecule has 4 heteroatoms. The third-order valence-corrected chi connectivity index (χ3v) is 2.86. The van der Waals surface area contributed by atoms with Crippen LogP contribution in [0.15, 0.2) is 41.2 Å². The van der Waals surface area contributed by atoms with Crippen molar-refractivity contribution in [3.63, 3.8) is 0 Å². The molecule has 3 rings (SSSR count). The van der Waals surface area contributed by atoms with Crippen molar-refractivity contribution in [1.29, 1.82) is 0 Å². The van der Waals surface area contributed by atoms with Gasteiger partial charge in [-0.1, -0.05) is 29.8 Å². The number of amides is 1. The minimum Gasteiger partial charge on any atom is -0.468 e. The number of carbonyl (C=O) groups is 1. The van der Waals surface area contributed by atoms with Crippen LogP contribution >= 0.6 is 0 Å². The highest BCUT2D eigenvalue weighted by Crippen LogP contribution is 2.33. The summed E-state index contributed by atoms with van der Waals surface area (Å²) in [5, 5.41) is 5.98. The second-order valence-corrected chi connectivity index (χ2v) is 4.18. The molecule has 1 aromatic heterocycles. The fourth-order valence-corrected chi connectivity index (χ4v) is 2.02. The first-order valence-electron chi connectivity index (χ1n) is 5.44. The Kier molecular flexibility index (Phi) is 2.14. The Morgan fingerprint density at radius 1 is 1.24 bits per heavy atom. The van der Waals surface area contributed by atoms with Gasteiger partial charge in [0.15, 0.2) is 0 Å². The second-order valence-electron chi connectivity index (χ2n) is 4.18. The number of furan rings is 1. The lowest BCUT2D eigenvalue weighted by Crippen LogP contribution is -2.31. The minimum absolute atomic E-state index is 0.0653. The van der Waals surface area contributed by atoms with Crippen LogP contribution in [0.25, 0.3) is 0 Å². The fourth-order valence-electron chi connectivity index (χ4n) is 2.02. The van der Waals surface area contributed by atoms with Crippen LogP contribution in [-0.2, 0) is 4.79 Å². The van der Waals surface area contributed by atoms with Crippen LogP contribution in [0.5, 0.6) is 0 Å². The summed E-state index contributed by atoms with van der Waals surface area (Å²) in [5.41, 5.74) is 3.60. The normalized spacial score (nSPS) is 18.2. The van der Waals surface area contributed by atoms with Gasteiger partial charge in [0.25, 0.3) is 5.91 Å². The maximum Gasteiger partial charge on any atom is 0.251 e. The monoisotopic (exact) mass is 228 g/mol. The van der Waals surface area contributed by atoms with Gasteiger partial charge in [-0.25, -0.2) is 0 Å². The molecule has 0 bridgehead atoms. The number of benzene rings is 1. The SMILES string of the molecule is Cc1cccc(C2Nc3cocc3NC2=O)c1. The Hall–Kier alpha value is -2.23. The predicted molar refractivity (Wildman–Crippen MR) is 64.9 cm³/mol. The summed E-state index contributed by atoms with van der Waals surface area (Å²) in [6.45, 7) is 2.01. The van der Waals surface area contributed by atoms with Crippen LogP contribution in [0.2, 0.25) is 0 Å². The van der Waals surface area contributed by atoms with Crippen molar-refractivity contribution in [3.05, 3.63) is 47.9 Å². The van der Waals surface area contributed by atoms with E-state index in [0.717, 1.165) is 16.8 Å². The number of aryl methyl sites for hydroxylation is 1. The molecule has 1 unspecified atom stereocenters. The van der Waals surface area contributed by atoms with E-state index in [2.05, 4.69) is 10.6 Å². The predicted octanol–water partition coefficient (Wildman–Crippen LogP) is 2.69. The van der Waals surface area contributed by atoms with Crippen molar-refractivity contribution in [3.8, 4) is 0 Å². The maximum absolute atomic E-state index is 12.0. The van der Waals surface area contributed by atoms with Gasteiger partial charge in [-0.05, 0) is 12.5 Å². The maximum atomic E-state index is 12.0. The third-order valence-electron chi connectivity index (χ3n) is 2.86. The molecule has 2 heterocycles. The molecule has 2 N–H and O–H groups in total. The van der Waals surface area contributed by atoms with Crippen LogP contribution in [0.4, 0.5) is 11.4 Å². The third kappa shape index (κ3) is 1.67. The summed E-state index contributed by atoms with van der Waals surface area (Å²) in [6, 6.07) is 7.54. The molecule has 86 valence electrons. The highest BCUT2D eigenvalue weighted by atomic mass is 16.3. The molecule has 1 aliphatic heterocycles. The summed E-state index contributed by atoms with van der Waals surface area (Å²) in [5.74, 6) is -0.0653. The minimum atomic E-state index is -0.361. The fraction of sp³-hybridized carbons (Fsp3) is 0.154. The summed E-state index contributed by atoms with van der Waals surface area (Å²) >= 11 is 0. The molecule has 2 aromatic rings. The van der Waals surface area contributed by atoms with E-state index in [4.69, 9.17) is 4.42 Å². The van der Waals surface area contributed by atoms with Gasteiger partial charge >= 0.3 is 0 Å². The largest absolute Gasteiger partial charge is 0.468 e. The number of hydrogen-bond acceptors (Lipinski definition) is 3. The topological polar surface area (TPSA) is 54.3 Å². The van der Waals surface area contributed by atoms with E-state index in [9.17, 15) is 4.79 Å². The lowest BCUT2D eigenvalue weighted by Gasteiger charge is -2.24. The zero-order valence-corrected chi connectivity index (χ0v) is 9.36. The summed E-state index contributed by atoms with van der Waals surface area (Å²) < 4.78 is 5.05. The number of nitrogens with one attached hydrogen (secondary N) is 2. The van der Waals surface area contributed by atoms with Crippen molar-refractivity contribution in [1.82, 2.24) is 0 Å². The van der Waals surface area contributed by atoms with E-state index in [0.29, 0.717) is 5.69 Å². The molecule has 1 aliphatic rings. The van der Waals surface area contributed by atoms with Gasteiger partial charge in [-0.3, -0.25) is 4.79 Å². The first kappa shape index (κ1) is 9.96. The van der Waals surface area contributed by atoms with Crippen molar-refractivity contribution in [2.75, 3.05) is 10.6 Å². The van der Waals surface area contributed by atoms with E-state index < -0.39 is 0 Å². The number of carbonyl (C=O) groups excluding carboxylic acids is 1. The molecule has 1 amide bonds. The van der Waals surface area contributed by atoms with Gasteiger partial charge in [-0.2, -0.15) is 0 Å². The standard InChI is InChI=1S/C13H12N2O2/c1-8-3-2-4-9(5-8)12-13(16)15-11-7-17-6-10(11)14-12/h2-7,12,14H,1H3,(H,15,16). The molecule has 17 heavy (non-hydrogen) atoms. The van der Waals surface area contributed by atoms with E-state index in [1.807, 2.05) is 31.2 Å². The van der Waals surface area contributed by atoms with Crippen LogP contribution in [-0.4, -0.2) is 5.91 Å². The van der Waals surface area contributed by atoms with E-state index in [1.54, 1.807) is 6.26 Å². The molecule has 0 radical (unpaired) electrons. The molecule has 0 saturated carbocycles. The lowest BCUT2D eigenvalue weighted by atomic mass is 10.0. The molecule has 4 nitrogen and oxygen atoms in total. The van der Waals surface area contributed by atoms with Gasteiger partial charge in [0.1, 0.15) is 24.3 Å². The quantitative estimate of drug-likeness (QED) is 0.789. The van der Waals surface area contributed by atoms with Crippen LogP contribution in [0.3, 0.4) is 0 Å². The van der Waals surface area contributed by atoms with Crippen LogP contribution in [0.1, 0.15) is 17.2 Å². The van der Waals surface area contributed by atoms with Crippen LogP contribution in [0, 0.1) is 6.92 Å². The molecule has 0 spiro atoms. The van der Waals surface area contributed by atoms with Crippen molar-refractivity contribution in [2.45, 2.75) is 13.0 Å². The number of anilines is 2. The van der Waals surface area contributed by atoms with Crippen molar-refractivity contribution >= 4 is 17.3 Å². The van der Waals surface area contributed by atoms with Crippen molar-refractivity contribution in [2.24, 2.45) is 0 Å². The van der Waals surface area contributed by atoms with E-state index in [-0.39, 0.29) is 11.9 Å². The Labute approximate surface area is 98.6 Å². The molecule has 1 aromatic carbocycles. The van der Waals surface area contributed by atoms with Gasteiger partial charge in [0.05, 0.1) is 5.69 Å². The van der Waals surface area contributed by atoms with Gasteiger partial charge in [0.2, 0.25) is 0 Å². The Morgan fingerprint density at radius 2 is 2.06 bits per heavy atom. The molecule has 0 fully saturated rings. The molecular weight excluding hydrogens is 216 g/mol. The molecular formula is C13H12N2O2. The Balaban J connectivity index is 1.98. The molecule has 0 aliphatic carbocycles. The van der Waals surface area contributed by atoms with E-state index >= 15 is 0 Å². The summed E-state index contributed by atoms with van der Waals surface area (Å²) in [6.07, 6.45) is 3.12. The van der Waals surface area contributed by atoms with Gasteiger partial charge in [0, 0.05) is 0 Å². The number of fused-ring (bicyclic) bond motifs is 1.